The molecular formula is C25H28N2O3. The number of allylic oxidation sites excluding steroid dienone is 1. The fourth-order valence-electron chi connectivity index (χ4n) is 3.12. The van der Waals surface area contributed by atoms with E-state index in [9.17, 15) is 4.79 Å². The molecule has 0 unspecified atom stereocenters. The van der Waals surface area contributed by atoms with Gasteiger partial charge in [-0.15, -0.1) is 0 Å². The molecule has 2 aromatic rings. The molecule has 2 heterocycles. The van der Waals surface area contributed by atoms with Crippen molar-refractivity contribution in [2.75, 3.05) is 26.3 Å². The van der Waals surface area contributed by atoms with Gasteiger partial charge in [-0.05, 0) is 49.5 Å². The van der Waals surface area contributed by atoms with Gasteiger partial charge < -0.3 is 14.4 Å². The molecule has 1 aromatic carbocycles. The topological polar surface area (TPSA) is 51.7 Å². The van der Waals surface area contributed by atoms with Crippen LogP contribution in [0.15, 0.2) is 60.2 Å². The van der Waals surface area contributed by atoms with E-state index in [1.54, 1.807) is 4.90 Å². The second kappa shape index (κ2) is 11.8. The molecule has 1 aromatic heterocycles. The van der Waals surface area contributed by atoms with Crippen LogP contribution < -0.4 is 0 Å². The van der Waals surface area contributed by atoms with Crippen molar-refractivity contribution in [2.24, 2.45) is 0 Å². The van der Waals surface area contributed by atoms with Crippen LogP contribution in [-0.2, 0) is 16.1 Å². The Bertz CT molecular complexity index is 903. The maximum atomic E-state index is 12.2. The Kier molecular flexibility index (Phi) is 8.49. The van der Waals surface area contributed by atoms with Gasteiger partial charge >= 0.3 is 6.09 Å². The van der Waals surface area contributed by atoms with Crippen molar-refractivity contribution in [2.45, 2.75) is 32.8 Å². The van der Waals surface area contributed by atoms with Gasteiger partial charge in [-0.1, -0.05) is 47.9 Å². The molecule has 1 aliphatic heterocycles. The summed E-state index contributed by atoms with van der Waals surface area (Å²) in [5, 5.41) is 0. The average molecular weight is 405 g/mol. The van der Waals surface area contributed by atoms with Crippen molar-refractivity contribution in [3.05, 3.63) is 77.1 Å². The third-order valence-electron chi connectivity index (χ3n) is 4.80. The number of ether oxygens (including phenoxy) is 2. The minimum absolute atomic E-state index is 0.243. The summed E-state index contributed by atoms with van der Waals surface area (Å²) >= 11 is 0. The first-order valence-electron chi connectivity index (χ1n) is 10.4. The highest BCUT2D eigenvalue weighted by Crippen LogP contribution is 2.16. The lowest BCUT2D eigenvalue weighted by Crippen LogP contribution is -2.37. The number of rotatable bonds is 6. The van der Waals surface area contributed by atoms with Crippen molar-refractivity contribution >= 4 is 6.09 Å². The van der Waals surface area contributed by atoms with Gasteiger partial charge in [0.1, 0.15) is 5.69 Å². The summed E-state index contributed by atoms with van der Waals surface area (Å²) in [4.78, 5) is 18.3. The fourth-order valence-corrected chi connectivity index (χ4v) is 3.12. The van der Waals surface area contributed by atoms with E-state index in [1.165, 1.54) is 5.57 Å². The fraction of sp³-hybridized carbons (Fsp3) is 0.360. The number of hydrogen-bond donors (Lipinski definition) is 0. The number of carbonyl (C=O) groups excluding carboxylic acids is 1. The number of benzene rings is 1. The minimum atomic E-state index is -0.243. The summed E-state index contributed by atoms with van der Waals surface area (Å²) in [6, 6.07) is 15.9. The molecule has 1 saturated heterocycles. The molecule has 5 heteroatoms. The number of hydrogen-bond acceptors (Lipinski definition) is 4. The summed E-state index contributed by atoms with van der Waals surface area (Å²) in [7, 11) is 0. The van der Waals surface area contributed by atoms with Crippen molar-refractivity contribution in [3.8, 4) is 11.8 Å². The smallest absolute Gasteiger partial charge is 0.409 e. The van der Waals surface area contributed by atoms with Gasteiger partial charge in [-0.3, -0.25) is 0 Å². The minimum Gasteiger partial charge on any atom is -0.449 e. The van der Waals surface area contributed by atoms with Crippen LogP contribution in [0, 0.1) is 18.8 Å². The van der Waals surface area contributed by atoms with Crippen molar-refractivity contribution in [1.29, 1.82) is 0 Å². The molecule has 3 rings (SSSR count). The van der Waals surface area contributed by atoms with E-state index in [0.29, 0.717) is 39.3 Å². The Labute approximate surface area is 178 Å². The molecule has 5 nitrogen and oxygen atoms in total. The zero-order valence-corrected chi connectivity index (χ0v) is 17.5. The summed E-state index contributed by atoms with van der Waals surface area (Å²) in [6.07, 6.45) is 4.06. The summed E-state index contributed by atoms with van der Waals surface area (Å²) in [5.41, 5.74) is 4.14. The molecule has 0 radical (unpaired) electrons. The molecule has 30 heavy (non-hydrogen) atoms. The van der Waals surface area contributed by atoms with Crippen LogP contribution in [0.4, 0.5) is 4.79 Å². The lowest BCUT2D eigenvalue weighted by Gasteiger charge is -2.27. The van der Waals surface area contributed by atoms with Crippen LogP contribution in [0.2, 0.25) is 0 Å². The molecule has 1 aliphatic rings. The van der Waals surface area contributed by atoms with Crippen LogP contribution in [-0.4, -0.2) is 42.3 Å². The van der Waals surface area contributed by atoms with Crippen LogP contribution >= 0.6 is 0 Å². The second-order valence-electron chi connectivity index (χ2n) is 7.23. The van der Waals surface area contributed by atoms with E-state index in [2.05, 4.69) is 16.8 Å². The largest absolute Gasteiger partial charge is 0.449 e. The average Bonchev–Trinajstić information content (AvgIpc) is 2.77. The number of pyridine rings is 1. The second-order valence-corrected chi connectivity index (χ2v) is 7.23. The van der Waals surface area contributed by atoms with Crippen LogP contribution in [0.5, 0.6) is 0 Å². The molecule has 1 fully saturated rings. The molecule has 156 valence electrons. The summed E-state index contributed by atoms with van der Waals surface area (Å²) < 4.78 is 11.0. The number of amides is 1. The highest BCUT2D eigenvalue weighted by atomic mass is 16.6. The number of piperidine rings is 1. The highest BCUT2D eigenvalue weighted by Gasteiger charge is 2.19. The molecule has 0 saturated carbocycles. The van der Waals surface area contributed by atoms with E-state index in [0.717, 1.165) is 29.8 Å². The van der Waals surface area contributed by atoms with Gasteiger partial charge in [0.25, 0.3) is 0 Å². The van der Waals surface area contributed by atoms with E-state index >= 15 is 0 Å². The molecule has 1 amide bonds. The first kappa shape index (κ1) is 21.6. The number of carbonyl (C=O) groups is 1. The van der Waals surface area contributed by atoms with Crippen molar-refractivity contribution in [3.63, 3.8) is 0 Å². The quantitative estimate of drug-likeness (QED) is 0.525. The van der Waals surface area contributed by atoms with E-state index in [-0.39, 0.29) is 6.09 Å². The third kappa shape index (κ3) is 7.38. The third-order valence-corrected chi connectivity index (χ3v) is 4.80. The zero-order valence-electron chi connectivity index (χ0n) is 17.5. The monoisotopic (exact) mass is 404 g/mol. The lowest BCUT2D eigenvalue weighted by atomic mass is 10.0. The molecule has 0 atom stereocenters. The maximum absolute atomic E-state index is 12.2. The van der Waals surface area contributed by atoms with E-state index in [4.69, 9.17) is 9.47 Å². The Hall–Kier alpha value is -3.10. The van der Waals surface area contributed by atoms with Crippen LogP contribution in [0.25, 0.3) is 0 Å². The van der Waals surface area contributed by atoms with Gasteiger partial charge in [0.15, 0.2) is 0 Å². The zero-order chi connectivity index (χ0) is 21.0. The summed E-state index contributed by atoms with van der Waals surface area (Å²) in [5.74, 6) is 6.15. The van der Waals surface area contributed by atoms with Crippen molar-refractivity contribution < 1.29 is 14.3 Å². The molecule has 0 bridgehead atoms. The Morgan fingerprint density at radius 1 is 1.10 bits per heavy atom. The first-order valence-corrected chi connectivity index (χ1v) is 10.4. The Morgan fingerprint density at radius 3 is 2.67 bits per heavy atom. The van der Waals surface area contributed by atoms with Crippen LogP contribution in [0.3, 0.4) is 0 Å². The normalized spacial score (nSPS) is 13.4. The predicted octanol–water partition coefficient (Wildman–Crippen LogP) is 4.51. The molecule has 0 aliphatic carbocycles. The number of likely N-dealkylation sites (tertiary alicyclic amines) is 1. The summed E-state index contributed by atoms with van der Waals surface area (Å²) in [6.45, 7) is 4.82. The standard InChI is InChI=1S/C25H28N2O3/c1-21-8-5-12-24(26-21)13-6-11-22-14-16-27(17-15-22)25(28)30-19-7-18-29-20-23-9-3-2-4-10-23/h2-5,8-12H,7,14-20H2,1H3. The Balaban J connectivity index is 1.30. The van der Waals surface area contributed by atoms with Gasteiger partial charge in [0, 0.05) is 25.2 Å². The molecule has 0 spiro atoms. The predicted molar refractivity (Wildman–Crippen MR) is 117 cm³/mol. The molecule has 0 N–H and O–H groups in total. The lowest BCUT2D eigenvalue weighted by molar-refractivity contribution is 0.0741. The van der Waals surface area contributed by atoms with Gasteiger partial charge in [0.05, 0.1) is 19.8 Å². The SMILES string of the molecule is Cc1cccc(C#CC=C2CCN(C(=O)OCCCOCc3ccccc3)CC2)n1. The molecular weight excluding hydrogens is 376 g/mol. The Morgan fingerprint density at radius 2 is 1.90 bits per heavy atom. The van der Waals surface area contributed by atoms with Crippen LogP contribution in [0.1, 0.15) is 36.2 Å². The maximum Gasteiger partial charge on any atom is 0.409 e. The number of nitrogens with zero attached hydrogens (tertiary/aromatic N) is 2. The first-order chi connectivity index (χ1) is 14.7. The van der Waals surface area contributed by atoms with E-state index < -0.39 is 0 Å². The van der Waals surface area contributed by atoms with E-state index in [1.807, 2.05) is 61.5 Å². The van der Waals surface area contributed by atoms with Gasteiger partial charge in [-0.25, -0.2) is 9.78 Å². The van der Waals surface area contributed by atoms with Gasteiger partial charge in [0.2, 0.25) is 0 Å². The highest BCUT2D eigenvalue weighted by molar-refractivity contribution is 5.67. The van der Waals surface area contributed by atoms with Gasteiger partial charge in [-0.2, -0.15) is 0 Å². The van der Waals surface area contributed by atoms with Crippen molar-refractivity contribution in [1.82, 2.24) is 9.88 Å². The number of aromatic nitrogens is 1. The number of aryl methyl sites for hydroxylation is 1.